The Hall–Kier alpha value is -2.23. The van der Waals surface area contributed by atoms with Crippen LogP contribution >= 0.6 is 0 Å². The van der Waals surface area contributed by atoms with Crippen molar-refractivity contribution in [3.63, 3.8) is 0 Å². The van der Waals surface area contributed by atoms with Gasteiger partial charge in [-0.1, -0.05) is 17.7 Å². The maximum Gasteiger partial charge on any atom is 0.360 e. The number of methoxy groups -OCH3 is 1. The quantitative estimate of drug-likeness (QED) is 0.449. The average molecular weight is 396 g/mol. The molecule has 0 aliphatic heterocycles. The van der Waals surface area contributed by atoms with E-state index < -0.39 is 16.0 Å². The third-order valence-corrected chi connectivity index (χ3v) is 5.68. The van der Waals surface area contributed by atoms with Gasteiger partial charge in [-0.15, -0.1) is 0 Å². The second kappa shape index (κ2) is 9.63. The predicted octanol–water partition coefficient (Wildman–Crippen LogP) is 2.39. The Kier molecular flexibility index (Phi) is 7.52. The van der Waals surface area contributed by atoms with Crippen molar-refractivity contribution in [2.75, 3.05) is 26.9 Å². The highest BCUT2D eigenvalue weighted by atomic mass is 32.2. The van der Waals surface area contributed by atoms with E-state index in [1.165, 1.54) is 11.4 Å². The first-order valence-corrected chi connectivity index (χ1v) is 9.99. The number of hydrogen-bond acceptors (Lipinski definition) is 7. The SMILES string of the molecule is CCOCCCN(Cc1nc(C(=O)OC)co1)S(=O)(=O)c1ccc(C)cc1. The Morgan fingerprint density at radius 3 is 2.59 bits per heavy atom. The van der Waals surface area contributed by atoms with Crippen molar-refractivity contribution in [1.29, 1.82) is 0 Å². The van der Waals surface area contributed by atoms with E-state index in [-0.39, 0.29) is 29.6 Å². The maximum absolute atomic E-state index is 13.0. The Morgan fingerprint density at radius 2 is 1.96 bits per heavy atom. The van der Waals surface area contributed by atoms with E-state index in [1.807, 2.05) is 13.8 Å². The molecule has 148 valence electrons. The van der Waals surface area contributed by atoms with Crippen molar-refractivity contribution >= 4 is 16.0 Å². The van der Waals surface area contributed by atoms with Gasteiger partial charge in [0.25, 0.3) is 0 Å². The summed E-state index contributed by atoms with van der Waals surface area (Å²) in [6.45, 7) is 4.90. The van der Waals surface area contributed by atoms with E-state index in [1.54, 1.807) is 24.3 Å². The fourth-order valence-corrected chi connectivity index (χ4v) is 3.79. The summed E-state index contributed by atoms with van der Waals surface area (Å²) in [5, 5.41) is 0. The monoisotopic (exact) mass is 396 g/mol. The molecule has 8 nitrogen and oxygen atoms in total. The van der Waals surface area contributed by atoms with E-state index in [0.29, 0.717) is 19.6 Å². The summed E-state index contributed by atoms with van der Waals surface area (Å²) in [6.07, 6.45) is 1.67. The van der Waals surface area contributed by atoms with Crippen molar-refractivity contribution in [2.24, 2.45) is 0 Å². The third-order valence-electron chi connectivity index (χ3n) is 3.82. The Morgan fingerprint density at radius 1 is 1.26 bits per heavy atom. The van der Waals surface area contributed by atoms with E-state index in [9.17, 15) is 13.2 Å². The molecule has 0 aliphatic carbocycles. The van der Waals surface area contributed by atoms with Crippen molar-refractivity contribution in [3.05, 3.63) is 47.7 Å². The van der Waals surface area contributed by atoms with E-state index in [4.69, 9.17) is 9.15 Å². The van der Waals surface area contributed by atoms with Crippen LogP contribution in [0.25, 0.3) is 0 Å². The van der Waals surface area contributed by atoms with Gasteiger partial charge in [0.15, 0.2) is 5.69 Å². The molecule has 0 unspecified atom stereocenters. The van der Waals surface area contributed by atoms with Crippen LogP contribution in [-0.2, 0) is 26.0 Å². The molecule has 1 heterocycles. The number of ether oxygens (including phenoxy) is 2. The van der Waals surface area contributed by atoms with E-state index in [2.05, 4.69) is 9.72 Å². The highest BCUT2D eigenvalue weighted by molar-refractivity contribution is 7.89. The molecule has 2 rings (SSSR count). The molecule has 0 radical (unpaired) electrons. The smallest absolute Gasteiger partial charge is 0.360 e. The van der Waals surface area contributed by atoms with Crippen LogP contribution in [0.5, 0.6) is 0 Å². The summed E-state index contributed by atoms with van der Waals surface area (Å²) in [5.41, 5.74) is 0.960. The molecule has 0 spiro atoms. The number of sulfonamides is 1. The van der Waals surface area contributed by atoms with Gasteiger partial charge in [0.05, 0.1) is 18.6 Å². The van der Waals surface area contributed by atoms with Crippen molar-refractivity contribution in [3.8, 4) is 0 Å². The zero-order valence-corrected chi connectivity index (χ0v) is 16.5. The number of oxazole rings is 1. The third kappa shape index (κ3) is 5.62. The second-order valence-electron chi connectivity index (χ2n) is 5.82. The molecule has 0 fully saturated rings. The number of aromatic nitrogens is 1. The maximum atomic E-state index is 13.0. The second-order valence-corrected chi connectivity index (χ2v) is 7.76. The molecule has 1 aromatic carbocycles. The molecule has 0 N–H and O–H groups in total. The molecule has 0 saturated heterocycles. The van der Waals surface area contributed by atoms with Crippen molar-refractivity contribution in [1.82, 2.24) is 9.29 Å². The molecular formula is C18H24N2O6S. The number of esters is 1. The number of hydrogen-bond donors (Lipinski definition) is 0. The van der Waals surface area contributed by atoms with E-state index >= 15 is 0 Å². The number of aryl methyl sites for hydroxylation is 1. The Bertz CT molecular complexity index is 845. The zero-order chi connectivity index (χ0) is 19.9. The van der Waals surface area contributed by atoms with Crippen LogP contribution in [0.15, 0.2) is 39.8 Å². The van der Waals surface area contributed by atoms with Crippen LogP contribution in [0.4, 0.5) is 0 Å². The molecule has 0 aliphatic rings. The van der Waals surface area contributed by atoms with E-state index in [0.717, 1.165) is 11.8 Å². The summed E-state index contributed by atoms with van der Waals surface area (Å²) >= 11 is 0. The van der Waals surface area contributed by atoms with Gasteiger partial charge in [-0.25, -0.2) is 18.2 Å². The predicted molar refractivity (Wildman–Crippen MR) is 97.7 cm³/mol. The average Bonchev–Trinajstić information content (AvgIpc) is 3.12. The molecule has 27 heavy (non-hydrogen) atoms. The highest BCUT2D eigenvalue weighted by Gasteiger charge is 2.26. The Labute approximate surface area is 159 Å². The molecule has 9 heteroatoms. The number of benzene rings is 1. The van der Waals surface area contributed by atoms with Gasteiger partial charge in [0, 0.05) is 19.8 Å². The number of rotatable bonds is 10. The first-order valence-electron chi connectivity index (χ1n) is 8.55. The molecule has 2 aromatic rings. The van der Waals surface area contributed by atoms with Gasteiger partial charge in [0.1, 0.15) is 6.26 Å². The summed E-state index contributed by atoms with van der Waals surface area (Å²) in [6, 6.07) is 6.61. The number of carbonyl (C=O) groups is 1. The van der Waals surface area contributed by atoms with Crippen LogP contribution in [0.3, 0.4) is 0 Å². The Balaban J connectivity index is 2.23. The van der Waals surface area contributed by atoms with Gasteiger partial charge >= 0.3 is 5.97 Å². The molecule has 0 bridgehead atoms. The number of carbonyl (C=O) groups excluding carboxylic acids is 1. The first kappa shape index (κ1) is 21.1. The lowest BCUT2D eigenvalue weighted by Gasteiger charge is -2.21. The van der Waals surface area contributed by atoms with Crippen LogP contribution in [0.2, 0.25) is 0 Å². The zero-order valence-electron chi connectivity index (χ0n) is 15.7. The molecule has 0 saturated carbocycles. The van der Waals surface area contributed by atoms with Crippen LogP contribution in [-0.4, -0.2) is 50.5 Å². The van der Waals surface area contributed by atoms with Crippen molar-refractivity contribution in [2.45, 2.75) is 31.7 Å². The van der Waals surface area contributed by atoms with Crippen LogP contribution in [0.1, 0.15) is 35.3 Å². The largest absolute Gasteiger partial charge is 0.464 e. The van der Waals surface area contributed by atoms with Gasteiger partial charge in [-0.05, 0) is 32.4 Å². The minimum atomic E-state index is -3.76. The fourth-order valence-electron chi connectivity index (χ4n) is 2.36. The van der Waals surface area contributed by atoms with Gasteiger partial charge in [-0.2, -0.15) is 4.31 Å². The molecule has 0 amide bonds. The first-order chi connectivity index (χ1) is 12.9. The van der Waals surface area contributed by atoms with Gasteiger partial charge < -0.3 is 13.9 Å². The number of nitrogens with zero attached hydrogens (tertiary/aromatic N) is 2. The van der Waals surface area contributed by atoms with Gasteiger partial charge in [0.2, 0.25) is 15.9 Å². The lowest BCUT2D eigenvalue weighted by Crippen LogP contribution is -2.32. The molecule has 0 atom stereocenters. The minimum absolute atomic E-state index is 0.00509. The summed E-state index contributed by atoms with van der Waals surface area (Å²) in [5.74, 6) is -0.531. The van der Waals surface area contributed by atoms with Gasteiger partial charge in [-0.3, -0.25) is 0 Å². The summed E-state index contributed by atoms with van der Waals surface area (Å²) in [7, 11) is -2.52. The minimum Gasteiger partial charge on any atom is -0.464 e. The van der Waals surface area contributed by atoms with Crippen LogP contribution < -0.4 is 0 Å². The molecule has 1 aromatic heterocycles. The highest BCUT2D eigenvalue weighted by Crippen LogP contribution is 2.19. The summed E-state index contributed by atoms with van der Waals surface area (Å²) in [4.78, 5) is 15.7. The lowest BCUT2D eigenvalue weighted by molar-refractivity contribution is 0.0594. The topological polar surface area (TPSA) is 98.9 Å². The molecular weight excluding hydrogens is 372 g/mol. The van der Waals surface area contributed by atoms with Crippen molar-refractivity contribution < 1.29 is 27.1 Å². The lowest BCUT2D eigenvalue weighted by atomic mass is 10.2. The fraction of sp³-hybridized carbons (Fsp3) is 0.444. The summed E-state index contributed by atoms with van der Waals surface area (Å²) < 4.78 is 42.5. The standard InChI is InChI=1S/C18H24N2O6S/c1-4-25-11-5-10-20(12-17-19-16(13-26-17)18(21)24-3)27(22,23)15-8-6-14(2)7-9-15/h6-9,13H,4-5,10-12H2,1-3H3. The van der Waals surface area contributed by atoms with Crippen LogP contribution in [0, 0.1) is 6.92 Å². The normalized spacial score (nSPS) is 11.7.